The lowest BCUT2D eigenvalue weighted by atomic mass is 10.1. The van der Waals surface area contributed by atoms with Crippen LogP contribution in [0.25, 0.3) is 0 Å². The Morgan fingerprint density at radius 3 is 2.88 bits per heavy atom. The van der Waals surface area contributed by atoms with Crippen LogP contribution in [0.5, 0.6) is 0 Å². The minimum Gasteiger partial charge on any atom is -0.309 e. The molecule has 4 heteroatoms. The van der Waals surface area contributed by atoms with Gasteiger partial charge in [-0.15, -0.1) is 0 Å². The van der Waals surface area contributed by atoms with Gasteiger partial charge < -0.3 is 5.32 Å². The van der Waals surface area contributed by atoms with Gasteiger partial charge in [-0.25, -0.2) is 0 Å². The van der Waals surface area contributed by atoms with E-state index in [0.29, 0.717) is 16.6 Å². The highest BCUT2D eigenvalue weighted by Gasteiger charge is 2.04. The van der Waals surface area contributed by atoms with E-state index in [2.05, 4.69) is 24.6 Å². The minimum atomic E-state index is 0.460. The summed E-state index contributed by atoms with van der Waals surface area (Å²) < 4.78 is 0. The molecule has 0 aliphatic rings. The van der Waals surface area contributed by atoms with Crippen LogP contribution in [-0.4, -0.2) is 18.1 Å². The molecule has 86 valence electrons. The lowest BCUT2D eigenvalue weighted by Crippen LogP contribution is -2.27. The second-order valence-electron chi connectivity index (χ2n) is 3.66. The predicted molar refractivity (Wildman–Crippen MR) is 70.9 cm³/mol. The topological polar surface area (TPSA) is 35.8 Å². The fourth-order valence-electron chi connectivity index (χ4n) is 1.35. The van der Waals surface area contributed by atoms with Gasteiger partial charge in [-0.2, -0.15) is 17.0 Å². The third kappa shape index (κ3) is 4.05. The van der Waals surface area contributed by atoms with Gasteiger partial charge in [-0.1, -0.05) is 17.7 Å². The lowest BCUT2D eigenvalue weighted by molar-refractivity contribution is 0.596. The molecule has 0 saturated carbocycles. The molecule has 0 bridgehead atoms. The zero-order valence-electron chi connectivity index (χ0n) is 9.46. The van der Waals surface area contributed by atoms with Crippen LogP contribution in [0, 0.1) is 11.3 Å². The molecule has 0 aromatic heterocycles. The summed E-state index contributed by atoms with van der Waals surface area (Å²) in [6, 6.07) is 7.93. The average Bonchev–Trinajstić information content (AvgIpc) is 2.27. The standard InChI is InChI=1S/C12H15ClN2S/c1-9(8-16-2)15-7-11-4-3-10(6-14)5-12(11)13/h3-5,9,15H,7-8H2,1-2H3. The second-order valence-corrected chi connectivity index (χ2v) is 4.97. The first-order valence-electron chi connectivity index (χ1n) is 5.08. The zero-order valence-corrected chi connectivity index (χ0v) is 11.0. The number of benzene rings is 1. The molecule has 0 amide bonds. The van der Waals surface area contributed by atoms with Gasteiger partial charge in [0.15, 0.2) is 0 Å². The van der Waals surface area contributed by atoms with Crippen LogP contribution in [0.3, 0.4) is 0 Å². The molecule has 1 rings (SSSR count). The molecule has 0 fully saturated rings. The van der Waals surface area contributed by atoms with Crippen molar-refractivity contribution in [3.05, 3.63) is 34.3 Å². The fraction of sp³-hybridized carbons (Fsp3) is 0.417. The largest absolute Gasteiger partial charge is 0.309 e. The van der Waals surface area contributed by atoms with Crippen molar-refractivity contribution in [3.8, 4) is 6.07 Å². The van der Waals surface area contributed by atoms with Gasteiger partial charge in [0.1, 0.15) is 0 Å². The number of hydrogen-bond acceptors (Lipinski definition) is 3. The third-order valence-corrected chi connectivity index (χ3v) is 3.42. The molecular weight excluding hydrogens is 240 g/mol. The zero-order chi connectivity index (χ0) is 12.0. The van der Waals surface area contributed by atoms with Crippen molar-refractivity contribution in [2.24, 2.45) is 0 Å². The molecular formula is C12H15ClN2S. The molecule has 1 unspecified atom stereocenters. The predicted octanol–water partition coefficient (Wildman–Crippen LogP) is 3.05. The van der Waals surface area contributed by atoms with Crippen LogP contribution in [0.2, 0.25) is 5.02 Å². The van der Waals surface area contributed by atoms with Gasteiger partial charge in [0.2, 0.25) is 0 Å². The van der Waals surface area contributed by atoms with Crippen LogP contribution >= 0.6 is 23.4 Å². The Kier molecular flexibility index (Phi) is 5.68. The van der Waals surface area contributed by atoms with Gasteiger partial charge >= 0.3 is 0 Å². The maximum absolute atomic E-state index is 8.71. The third-order valence-electron chi connectivity index (χ3n) is 2.24. The van der Waals surface area contributed by atoms with Gasteiger partial charge in [0.05, 0.1) is 11.6 Å². The number of thioether (sulfide) groups is 1. The smallest absolute Gasteiger partial charge is 0.0992 e. The van der Waals surface area contributed by atoms with E-state index in [4.69, 9.17) is 16.9 Å². The Labute approximate surface area is 106 Å². The van der Waals surface area contributed by atoms with E-state index < -0.39 is 0 Å². The molecule has 0 heterocycles. The maximum Gasteiger partial charge on any atom is 0.0992 e. The molecule has 0 aliphatic heterocycles. The van der Waals surface area contributed by atoms with Crippen molar-refractivity contribution in [2.75, 3.05) is 12.0 Å². The SMILES string of the molecule is CSCC(C)NCc1ccc(C#N)cc1Cl. The first-order chi connectivity index (χ1) is 7.67. The summed E-state index contributed by atoms with van der Waals surface area (Å²) in [5, 5.41) is 12.8. The van der Waals surface area contributed by atoms with Crippen molar-refractivity contribution >= 4 is 23.4 Å². The first-order valence-corrected chi connectivity index (χ1v) is 6.85. The monoisotopic (exact) mass is 254 g/mol. The highest BCUT2D eigenvalue weighted by molar-refractivity contribution is 7.98. The summed E-state index contributed by atoms with van der Waals surface area (Å²) in [4.78, 5) is 0. The van der Waals surface area contributed by atoms with Gasteiger partial charge in [-0.3, -0.25) is 0 Å². The average molecular weight is 255 g/mol. The van der Waals surface area contributed by atoms with Gasteiger partial charge in [0, 0.05) is 23.4 Å². The van der Waals surface area contributed by atoms with E-state index in [9.17, 15) is 0 Å². The van der Waals surface area contributed by atoms with E-state index in [0.717, 1.165) is 17.9 Å². The van der Waals surface area contributed by atoms with Crippen molar-refractivity contribution < 1.29 is 0 Å². The summed E-state index contributed by atoms with van der Waals surface area (Å²) >= 11 is 7.89. The molecule has 16 heavy (non-hydrogen) atoms. The Morgan fingerprint density at radius 2 is 2.31 bits per heavy atom. The van der Waals surface area contributed by atoms with E-state index in [1.54, 1.807) is 12.1 Å². The summed E-state index contributed by atoms with van der Waals surface area (Å²) in [5.41, 5.74) is 1.64. The lowest BCUT2D eigenvalue weighted by Gasteiger charge is -2.13. The number of nitrogens with one attached hydrogen (secondary N) is 1. The van der Waals surface area contributed by atoms with Gasteiger partial charge in [0.25, 0.3) is 0 Å². The van der Waals surface area contributed by atoms with E-state index in [-0.39, 0.29) is 0 Å². The van der Waals surface area contributed by atoms with E-state index in [1.165, 1.54) is 0 Å². The Bertz CT molecular complexity index is 387. The highest BCUT2D eigenvalue weighted by atomic mass is 35.5. The van der Waals surface area contributed by atoms with Crippen LogP contribution < -0.4 is 5.32 Å². The van der Waals surface area contributed by atoms with Crippen LogP contribution in [-0.2, 0) is 6.54 Å². The summed E-state index contributed by atoms with van der Waals surface area (Å²) in [7, 11) is 0. The number of halogens is 1. The molecule has 0 radical (unpaired) electrons. The fourth-order valence-corrected chi connectivity index (χ4v) is 2.22. The van der Waals surface area contributed by atoms with E-state index >= 15 is 0 Å². The maximum atomic E-state index is 8.71. The molecule has 1 aromatic rings. The number of rotatable bonds is 5. The number of nitrogens with zero attached hydrogens (tertiary/aromatic N) is 1. The Morgan fingerprint density at radius 1 is 1.56 bits per heavy atom. The van der Waals surface area contributed by atoms with Crippen molar-refractivity contribution in [2.45, 2.75) is 19.5 Å². The van der Waals surface area contributed by atoms with Crippen LogP contribution in [0.15, 0.2) is 18.2 Å². The minimum absolute atomic E-state index is 0.460. The van der Waals surface area contributed by atoms with Crippen LogP contribution in [0.1, 0.15) is 18.1 Å². The number of nitriles is 1. The van der Waals surface area contributed by atoms with Crippen molar-refractivity contribution in [3.63, 3.8) is 0 Å². The first kappa shape index (κ1) is 13.4. The van der Waals surface area contributed by atoms with Crippen molar-refractivity contribution in [1.29, 1.82) is 5.26 Å². The van der Waals surface area contributed by atoms with Gasteiger partial charge in [-0.05, 0) is 30.9 Å². The molecule has 0 spiro atoms. The highest BCUT2D eigenvalue weighted by Crippen LogP contribution is 2.17. The molecule has 0 saturated heterocycles. The van der Waals surface area contributed by atoms with E-state index in [1.807, 2.05) is 17.8 Å². The summed E-state index contributed by atoms with van der Waals surface area (Å²) in [5.74, 6) is 1.08. The molecule has 0 aliphatic carbocycles. The quantitative estimate of drug-likeness (QED) is 0.877. The van der Waals surface area contributed by atoms with Crippen LogP contribution in [0.4, 0.5) is 0 Å². The molecule has 1 aromatic carbocycles. The summed E-state index contributed by atoms with van der Waals surface area (Å²) in [6.45, 7) is 2.89. The Hall–Kier alpha value is -0.690. The second kappa shape index (κ2) is 6.80. The van der Waals surface area contributed by atoms with Crippen molar-refractivity contribution in [1.82, 2.24) is 5.32 Å². The molecule has 2 nitrogen and oxygen atoms in total. The normalized spacial score (nSPS) is 12.1. The molecule has 1 N–H and O–H groups in total. The Balaban J connectivity index is 2.58. The summed E-state index contributed by atoms with van der Waals surface area (Å²) in [6.07, 6.45) is 2.09. The number of hydrogen-bond donors (Lipinski definition) is 1. The molecule has 1 atom stereocenters.